The highest BCUT2D eigenvalue weighted by Gasteiger charge is 2.14. The average molecular weight is 275 g/mol. The van der Waals surface area contributed by atoms with E-state index >= 15 is 0 Å². The minimum Gasteiger partial charge on any atom is -0.497 e. The fourth-order valence-corrected chi connectivity index (χ4v) is 1.76. The van der Waals surface area contributed by atoms with E-state index in [1.807, 2.05) is 0 Å². The van der Waals surface area contributed by atoms with E-state index in [2.05, 4.69) is 5.32 Å². The van der Waals surface area contributed by atoms with Crippen LogP contribution in [0.3, 0.4) is 0 Å². The van der Waals surface area contributed by atoms with Crippen LogP contribution in [0.1, 0.15) is 10.4 Å². The van der Waals surface area contributed by atoms with Gasteiger partial charge in [0.15, 0.2) is 0 Å². The third-order valence-electron chi connectivity index (χ3n) is 2.73. The lowest BCUT2D eigenvalue weighted by Gasteiger charge is -2.11. The van der Waals surface area contributed by atoms with Gasteiger partial charge in [-0.15, -0.1) is 0 Å². The smallest absolute Gasteiger partial charge is 0.259 e. The number of rotatable bonds is 4. The maximum atomic E-state index is 13.1. The number of carbonyl (C=O) groups is 1. The first-order valence-electron chi connectivity index (χ1n) is 5.93. The van der Waals surface area contributed by atoms with Crippen LogP contribution >= 0.6 is 0 Å². The molecule has 0 bridgehead atoms. The number of hydrogen-bond acceptors (Lipinski definition) is 3. The molecule has 0 aliphatic heterocycles. The summed E-state index contributed by atoms with van der Waals surface area (Å²) in [7, 11) is 2.98. The van der Waals surface area contributed by atoms with Crippen LogP contribution in [0.25, 0.3) is 0 Å². The van der Waals surface area contributed by atoms with Gasteiger partial charge in [-0.2, -0.15) is 0 Å². The topological polar surface area (TPSA) is 47.6 Å². The molecule has 0 aliphatic carbocycles. The molecule has 2 rings (SSSR count). The van der Waals surface area contributed by atoms with E-state index in [-0.39, 0.29) is 0 Å². The molecule has 0 saturated heterocycles. The standard InChI is InChI=1S/C15H14FNO3/c1-19-12-6-7-14(20-2)13(9-12)15(18)17-11-5-3-4-10(16)8-11/h3-9H,1-2H3,(H,17,18). The molecule has 0 heterocycles. The summed E-state index contributed by atoms with van der Waals surface area (Å²) < 4.78 is 23.3. The number of benzene rings is 2. The van der Waals surface area contributed by atoms with Crippen LogP contribution in [0, 0.1) is 5.82 Å². The van der Waals surface area contributed by atoms with Gasteiger partial charge in [0.05, 0.1) is 19.8 Å². The SMILES string of the molecule is COc1ccc(OC)c(C(=O)Nc2cccc(F)c2)c1. The Hall–Kier alpha value is -2.56. The van der Waals surface area contributed by atoms with E-state index in [4.69, 9.17) is 9.47 Å². The van der Waals surface area contributed by atoms with E-state index in [1.54, 1.807) is 24.3 Å². The van der Waals surface area contributed by atoms with Crippen LogP contribution in [0.4, 0.5) is 10.1 Å². The van der Waals surface area contributed by atoms with Crippen LogP contribution in [-0.4, -0.2) is 20.1 Å². The van der Waals surface area contributed by atoms with E-state index in [9.17, 15) is 9.18 Å². The van der Waals surface area contributed by atoms with Gasteiger partial charge in [-0.3, -0.25) is 4.79 Å². The highest BCUT2D eigenvalue weighted by Crippen LogP contribution is 2.25. The molecule has 4 nitrogen and oxygen atoms in total. The Morgan fingerprint density at radius 1 is 1.10 bits per heavy atom. The predicted molar refractivity (Wildman–Crippen MR) is 73.9 cm³/mol. The second-order valence-electron chi connectivity index (χ2n) is 4.03. The number of anilines is 1. The molecular formula is C15H14FNO3. The minimum absolute atomic E-state index is 0.316. The zero-order valence-electron chi connectivity index (χ0n) is 11.1. The molecule has 0 spiro atoms. The second kappa shape index (κ2) is 6.06. The van der Waals surface area contributed by atoms with Crippen molar-refractivity contribution >= 4 is 11.6 Å². The van der Waals surface area contributed by atoms with Gasteiger partial charge in [0.25, 0.3) is 5.91 Å². The molecule has 1 N–H and O–H groups in total. The summed E-state index contributed by atoms with van der Waals surface area (Å²) in [5.41, 5.74) is 0.691. The van der Waals surface area contributed by atoms with Crippen LogP contribution in [0.5, 0.6) is 11.5 Å². The molecule has 0 aromatic heterocycles. The number of amides is 1. The lowest BCUT2D eigenvalue weighted by atomic mass is 10.1. The van der Waals surface area contributed by atoms with Crippen molar-refractivity contribution in [3.8, 4) is 11.5 Å². The Balaban J connectivity index is 2.28. The molecule has 0 radical (unpaired) electrons. The van der Waals surface area contributed by atoms with Gasteiger partial charge >= 0.3 is 0 Å². The van der Waals surface area contributed by atoms with Gasteiger partial charge in [0, 0.05) is 5.69 Å². The normalized spacial score (nSPS) is 9.95. The van der Waals surface area contributed by atoms with Crippen LogP contribution in [-0.2, 0) is 0 Å². The van der Waals surface area contributed by atoms with E-state index in [0.717, 1.165) is 0 Å². The molecular weight excluding hydrogens is 261 g/mol. The molecule has 0 aliphatic rings. The highest BCUT2D eigenvalue weighted by atomic mass is 19.1. The fourth-order valence-electron chi connectivity index (χ4n) is 1.76. The second-order valence-corrected chi connectivity index (χ2v) is 4.03. The molecule has 5 heteroatoms. The van der Waals surface area contributed by atoms with Gasteiger partial charge in [-0.25, -0.2) is 4.39 Å². The fraction of sp³-hybridized carbons (Fsp3) is 0.133. The predicted octanol–water partition coefficient (Wildman–Crippen LogP) is 3.10. The van der Waals surface area contributed by atoms with Gasteiger partial charge in [-0.1, -0.05) is 6.07 Å². The lowest BCUT2D eigenvalue weighted by Crippen LogP contribution is -2.13. The summed E-state index contributed by atoms with van der Waals surface area (Å²) in [4.78, 5) is 12.2. The van der Waals surface area contributed by atoms with Crippen LogP contribution < -0.4 is 14.8 Å². The Bertz CT molecular complexity index is 628. The maximum Gasteiger partial charge on any atom is 0.259 e. The molecule has 0 atom stereocenters. The summed E-state index contributed by atoms with van der Waals surface area (Å²) in [6.07, 6.45) is 0. The van der Waals surface area contributed by atoms with E-state index in [0.29, 0.717) is 22.7 Å². The van der Waals surface area contributed by atoms with Crippen molar-refractivity contribution in [2.45, 2.75) is 0 Å². The molecule has 2 aromatic rings. The molecule has 0 fully saturated rings. The van der Waals surface area contributed by atoms with Crippen molar-refractivity contribution < 1.29 is 18.7 Å². The van der Waals surface area contributed by atoms with E-state index in [1.165, 1.54) is 32.4 Å². The molecule has 20 heavy (non-hydrogen) atoms. The summed E-state index contributed by atoms with van der Waals surface area (Å²) >= 11 is 0. The van der Waals surface area contributed by atoms with Crippen molar-refractivity contribution in [1.82, 2.24) is 0 Å². The Kier molecular flexibility index (Phi) is 4.20. The van der Waals surface area contributed by atoms with Crippen LogP contribution in [0.15, 0.2) is 42.5 Å². The molecule has 0 unspecified atom stereocenters. The number of hydrogen-bond donors (Lipinski definition) is 1. The Morgan fingerprint density at radius 2 is 1.90 bits per heavy atom. The summed E-state index contributed by atoms with van der Waals surface area (Å²) in [5, 5.41) is 2.61. The largest absolute Gasteiger partial charge is 0.497 e. The first kappa shape index (κ1) is 13.9. The lowest BCUT2D eigenvalue weighted by molar-refractivity contribution is 0.102. The molecule has 2 aromatic carbocycles. The molecule has 104 valence electrons. The summed E-state index contributed by atoms with van der Waals surface area (Å²) in [6.45, 7) is 0. The number of methoxy groups -OCH3 is 2. The van der Waals surface area contributed by atoms with Crippen LogP contribution in [0.2, 0.25) is 0 Å². The summed E-state index contributed by atoms with van der Waals surface area (Å²) in [6, 6.07) is 10.6. The first-order valence-corrected chi connectivity index (χ1v) is 5.93. The zero-order valence-corrected chi connectivity index (χ0v) is 11.1. The van der Waals surface area contributed by atoms with E-state index < -0.39 is 11.7 Å². The quantitative estimate of drug-likeness (QED) is 0.932. The zero-order chi connectivity index (χ0) is 14.5. The van der Waals surface area contributed by atoms with Crippen molar-refractivity contribution in [1.29, 1.82) is 0 Å². The van der Waals surface area contributed by atoms with Crippen molar-refractivity contribution in [2.24, 2.45) is 0 Å². The number of ether oxygens (including phenoxy) is 2. The van der Waals surface area contributed by atoms with Gasteiger partial charge in [-0.05, 0) is 36.4 Å². The molecule has 1 amide bonds. The van der Waals surface area contributed by atoms with Gasteiger partial charge < -0.3 is 14.8 Å². The Morgan fingerprint density at radius 3 is 2.55 bits per heavy atom. The Labute approximate surface area is 116 Å². The number of halogens is 1. The van der Waals surface area contributed by atoms with Crippen molar-refractivity contribution in [3.63, 3.8) is 0 Å². The van der Waals surface area contributed by atoms with Gasteiger partial charge in [0.1, 0.15) is 17.3 Å². The van der Waals surface area contributed by atoms with Gasteiger partial charge in [0.2, 0.25) is 0 Å². The first-order chi connectivity index (χ1) is 9.63. The number of nitrogens with one attached hydrogen (secondary N) is 1. The van der Waals surface area contributed by atoms with Crippen molar-refractivity contribution in [3.05, 3.63) is 53.8 Å². The number of carbonyl (C=O) groups excluding carboxylic acids is 1. The monoisotopic (exact) mass is 275 g/mol. The third-order valence-corrected chi connectivity index (χ3v) is 2.73. The molecule has 0 saturated carbocycles. The third kappa shape index (κ3) is 3.06. The summed E-state index contributed by atoms with van der Waals surface area (Å²) in [5.74, 6) is 0.140. The highest BCUT2D eigenvalue weighted by molar-refractivity contribution is 6.06. The minimum atomic E-state index is -0.416. The van der Waals surface area contributed by atoms with Crippen molar-refractivity contribution in [2.75, 3.05) is 19.5 Å². The average Bonchev–Trinajstić information content (AvgIpc) is 2.46. The maximum absolute atomic E-state index is 13.1.